The summed E-state index contributed by atoms with van der Waals surface area (Å²) in [5.41, 5.74) is -0.0966. The Labute approximate surface area is 167 Å². The van der Waals surface area contributed by atoms with Crippen molar-refractivity contribution in [1.82, 2.24) is 14.7 Å². The van der Waals surface area contributed by atoms with Gasteiger partial charge in [-0.1, -0.05) is 6.92 Å². The maximum Gasteiger partial charge on any atom is 0.410 e. The Morgan fingerprint density at radius 1 is 1.07 bits per heavy atom. The van der Waals surface area contributed by atoms with Crippen LogP contribution >= 0.6 is 0 Å². The number of ether oxygens (including phenoxy) is 3. The van der Waals surface area contributed by atoms with Gasteiger partial charge in [0.25, 0.3) is 0 Å². The van der Waals surface area contributed by atoms with Crippen LogP contribution in [-0.4, -0.2) is 58.5 Å². The highest BCUT2D eigenvalue weighted by molar-refractivity contribution is 6.00. The molecular formula is C20H33N3O5. The van der Waals surface area contributed by atoms with E-state index < -0.39 is 5.60 Å². The number of rotatable bonds is 7. The normalized spacial score (nSPS) is 15.4. The van der Waals surface area contributed by atoms with Gasteiger partial charge in [0.15, 0.2) is 5.78 Å². The number of carbonyl (C=O) groups is 2. The van der Waals surface area contributed by atoms with E-state index in [1.807, 2.05) is 41.5 Å². The molecule has 8 heteroatoms. The predicted octanol–water partition coefficient (Wildman–Crippen LogP) is 3.85. The zero-order valence-corrected chi connectivity index (χ0v) is 17.9. The van der Waals surface area contributed by atoms with Gasteiger partial charge in [-0.2, -0.15) is 0 Å². The van der Waals surface area contributed by atoms with Gasteiger partial charge in [-0.25, -0.2) is 9.48 Å². The topological polar surface area (TPSA) is 82.9 Å². The summed E-state index contributed by atoms with van der Waals surface area (Å²) in [5, 5.41) is 4.55. The van der Waals surface area contributed by atoms with Gasteiger partial charge in [-0.15, -0.1) is 5.10 Å². The quantitative estimate of drug-likeness (QED) is 0.652. The molecule has 2 heterocycles. The van der Waals surface area contributed by atoms with Crippen molar-refractivity contribution in [2.45, 2.75) is 72.4 Å². The van der Waals surface area contributed by atoms with Crippen LogP contribution < -0.4 is 9.47 Å². The first-order valence-electron chi connectivity index (χ1n) is 10.1. The first-order valence-corrected chi connectivity index (χ1v) is 10.1. The van der Waals surface area contributed by atoms with Gasteiger partial charge in [0.2, 0.25) is 11.8 Å². The second-order valence-corrected chi connectivity index (χ2v) is 7.77. The zero-order chi connectivity index (χ0) is 20.9. The number of carbonyl (C=O) groups excluding carboxylic acids is 2. The third-order valence-corrected chi connectivity index (χ3v) is 4.46. The van der Waals surface area contributed by atoms with Crippen LogP contribution in [0.5, 0.6) is 11.8 Å². The number of piperidine rings is 1. The first-order chi connectivity index (χ1) is 13.2. The van der Waals surface area contributed by atoms with Crippen molar-refractivity contribution >= 4 is 11.9 Å². The molecule has 0 radical (unpaired) electrons. The second-order valence-electron chi connectivity index (χ2n) is 7.77. The van der Waals surface area contributed by atoms with Crippen LogP contribution in [0.2, 0.25) is 0 Å². The Bertz CT molecular complexity index is 685. The molecule has 1 aliphatic rings. The van der Waals surface area contributed by atoms with E-state index in [1.165, 1.54) is 0 Å². The number of ketones is 1. The first kappa shape index (κ1) is 22.0. The molecule has 0 aromatic carbocycles. The molecule has 0 spiro atoms. The summed E-state index contributed by atoms with van der Waals surface area (Å²) in [4.78, 5) is 26.5. The van der Waals surface area contributed by atoms with E-state index in [-0.39, 0.29) is 17.9 Å². The monoisotopic (exact) mass is 395 g/mol. The smallest absolute Gasteiger partial charge is 0.410 e. The standard InChI is InChI=1S/C20H33N3O5/c1-7-15(24)16-17(26-8-2)21-23(18(16)27-9-3)14-10-12-22(13-11-14)19(25)28-20(4,5)6/h14H,7-13H2,1-6H3. The molecule has 1 aromatic rings. The summed E-state index contributed by atoms with van der Waals surface area (Å²) in [6.07, 6.45) is 1.45. The molecule has 1 fully saturated rings. The summed E-state index contributed by atoms with van der Waals surface area (Å²) in [7, 11) is 0. The van der Waals surface area contributed by atoms with E-state index in [0.717, 1.165) is 0 Å². The fourth-order valence-electron chi connectivity index (χ4n) is 3.19. The van der Waals surface area contributed by atoms with Gasteiger partial charge in [0, 0.05) is 19.5 Å². The van der Waals surface area contributed by atoms with Gasteiger partial charge in [-0.3, -0.25) is 4.79 Å². The number of nitrogens with zero attached hydrogens (tertiary/aromatic N) is 3. The van der Waals surface area contributed by atoms with E-state index in [1.54, 1.807) is 9.58 Å². The minimum absolute atomic E-state index is 0.0258. The molecule has 28 heavy (non-hydrogen) atoms. The number of hydrogen-bond acceptors (Lipinski definition) is 6. The summed E-state index contributed by atoms with van der Waals surface area (Å²) in [6, 6.07) is 0.0258. The van der Waals surface area contributed by atoms with Crippen LogP contribution in [0.15, 0.2) is 0 Å². The molecule has 1 aromatic heterocycles. The van der Waals surface area contributed by atoms with Crippen LogP contribution in [0.3, 0.4) is 0 Å². The molecule has 1 saturated heterocycles. The fraction of sp³-hybridized carbons (Fsp3) is 0.750. The summed E-state index contributed by atoms with van der Waals surface area (Å²) in [5.74, 6) is 0.741. The lowest BCUT2D eigenvalue weighted by molar-refractivity contribution is 0.0182. The molecule has 0 atom stereocenters. The van der Waals surface area contributed by atoms with Crippen molar-refractivity contribution in [1.29, 1.82) is 0 Å². The average Bonchev–Trinajstić information content (AvgIpc) is 2.98. The molecule has 0 bridgehead atoms. The number of amides is 1. The Hall–Kier alpha value is -2.25. The third kappa shape index (κ3) is 5.17. The van der Waals surface area contributed by atoms with Gasteiger partial charge < -0.3 is 19.1 Å². The maximum atomic E-state index is 12.5. The van der Waals surface area contributed by atoms with Crippen LogP contribution in [0.25, 0.3) is 0 Å². The molecule has 0 saturated carbocycles. The van der Waals surface area contributed by atoms with Gasteiger partial charge in [0.1, 0.15) is 11.2 Å². The zero-order valence-electron chi connectivity index (χ0n) is 17.9. The number of Topliss-reactive ketones (excluding diaryl/α,β-unsaturated/α-hetero) is 1. The number of hydrogen-bond donors (Lipinski definition) is 0. The molecule has 1 aliphatic heterocycles. The molecule has 0 N–H and O–H groups in total. The number of likely N-dealkylation sites (tertiary alicyclic amines) is 1. The van der Waals surface area contributed by atoms with E-state index in [9.17, 15) is 9.59 Å². The Morgan fingerprint density at radius 3 is 2.18 bits per heavy atom. The van der Waals surface area contributed by atoms with Crippen LogP contribution in [0, 0.1) is 0 Å². The highest BCUT2D eigenvalue weighted by Gasteiger charge is 2.33. The van der Waals surface area contributed by atoms with Crippen LogP contribution in [0.4, 0.5) is 4.79 Å². The van der Waals surface area contributed by atoms with Crippen molar-refractivity contribution in [3.8, 4) is 11.8 Å². The van der Waals surface area contributed by atoms with Crippen molar-refractivity contribution in [3.63, 3.8) is 0 Å². The van der Waals surface area contributed by atoms with E-state index in [2.05, 4.69) is 5.10 Å². The lowest BCUT2D eigenvalue weighted by Gasteiger charge is -2.33. The largest absolute Gasteiger partial charge is 0.478 e. The summed E-state index contributed by atoms with van der Waals surface area (Å²) >= 11 is 0. The fourth-order valence-corrected chi connectivity index (χ4v) is 3.19. The minimum atomic E-state index is -0.514. The molecule has 158 valence electrons. The molecule has 8 nitrogen and oxygen atoms in total. The number of aromatic nitrogens is 2. The summed E-state index contributed by atoms with van der Waals surface area (Å²) < 4.78 is 18.6. The highest BCUT2D eigenvalue weighted by Crippen LogP contribution is 2.35. The SMILES string of the molecule is CCOc1nn(C2CCN(C(=O)OC(C)(C)C)CC2)c(OCC)c1C(=O)CC. The van der Waals surface area contributed by atoms with Crippen LogP contribution in [-0.2, 0) is 4.74 Å². The molecule has 0 aliphatic carbocycles. The Kier molecular flexibility index (Phi) is 7.32. The average molecular weight is 396 g/mol. The molecule has 1 amide bonds. The van der Waals surface area contributed by atoms with Gasteiger partial charge in [0.05, 0.1) is 19.3 Å². The van der Waals surface area contributed by atoms with Crippen molar-refractivity contribution in [3.05, 3.63) is 5.56 Å². The van der Waals surface area contributed by atoms with Crippen molar-refractivity contribution in [2.75, 3.05) is 26.3 Å². The lowest BCUT2D eigenvalue weighted by atomic mass is 10.1. The van der Waals surface area contributed by atoms with Gasteiger partial charge in [-0.05, 0) is 47.5 Å². The lowest BCUT2D eigenvalue weighted by Crippen LogP contribution is -2.42. The highest BCUT2D eigenvalue weighted by atomic mass is 16.6. The van der Waals surface area contributed by atoms with E-state index >= 15 is 0 Å². The van der Waals surface area contributed by atoms with Crippen LogP contribution in [0.1, 0.15) is 77.2 Å². The maximum absolute atomic E-state index is 12.5. The minimum Gasteiger partial charge on any atom is -0.478 e. The van der Waals surface area contributed by atoms with Crippen molar-refractivity contribution in [2.24, 2.45) is 0 Å². The van der Waals surface area contributed by atoms with E-state index in [4.69, 9.17) is 14.2 Å². The molecular weight excluding hydrogens is 362 g/mol. The van der Waals surface area contributed by atoms with Gasteiger partial charge >= 0.3 is 6.09 Å². The third-order valence-electron chi connectivity index (χ3n) is 4.46. The molecule has 0 unspecified atom stereocenters. The predicted molar refractivity (Wildman–Crippen MR) is 105 cm³/mol. The van der Waals surface area contributed by atoms with E-state index in [0.29, 0.717) is 62.9 Å². The second kappa shape index (κ2) is 9.30. The van der Waals surface area contributed by atoms with Crippen molar-refractivity contribution < 1.29 is 23.8 Å². The Balaban J connectivity index is 2.21. The summed E-state index contributed by atoms with van der Waals surface area (Å²) in [6.45, 7) is 13.1. The molecule has 2 rings (SSSR count). The Morgan fingerprint density at radius 2 is 1.68 bits per heavy atom.